The van der Waals surface area contributed by atoms with E-state index in [0.717, 1.165) is 43.2 Å². The van der Waals surface area contributed by atoms with Crippen molar-refractivity contribution < 1.29 is 14.3 Å². The maximum absolute atomic E-state index is 12.1. The van der Waals surface area contributed by atoms with E-state index in [-0.39, 0.29) is 11.8 Å². The quantitative estimate of drug-likeness (QED) is 0.892. The zero-order chi connectivity index (χ0) is 13.9. The molecule has 0 radical (unpaired) electrons. The van der Waals surface area contributed by atoms with Crippen molar-refractivity contribution in [3.63, 3.8) is 0 Å². The fourth-order valence-corrected chi connectivity index (χ4v) is 2.87. The van der Waals surface area contributed by atoms with Crippen LogP contribution in [0.15, 0.2) is 18.2 Å². The van der Waals surface area contributed by atoms with E-state index >= 15 is 0 Å². The molecule has 0 saturated carbocycles. The Morgan fingerprint density at radius 3 is 2.60 bits per heavy atom. The molecule has 1 aromatic carbocycles. The zero-order valence-electron chi connectivity index (χ0n) is 11.7. The van der Waals surface area contributed by atoms with Gasteiger partial charge in [-0.15, -0.1) is 0 Å². The highest BCUT2D eigenvalue weighted by molar-refractivity contribution is 5.83. The van der Waals surface area contributed by atoms with Gasteiger partial charge in [-0.25, -0.2) is 0 Å². The maximum atomic E-state index is 12.1. The third kappa shape index (κ3) is 2.64. The van der Waals surface area contributed by atoms with Crippen molar-refractivity contribution in [2.45, 2.75) is 13.0 Å². The summed E-state index contributed by atoms with van der Waals surface area (Å²) in [7, 11) is 0. The van der Waals surface area contributed by atoms with E-state index in [2.05, 4.69) is 10.2 Å². The van der Waals surface area contributed by atoms with E-state index < -0.39 is 0 Å². The first-order chi connectivity index (χ1) is 9.75. The van der Waals surface area contributed by atoms with E-state index in [1.165, 1.54) is 0 Å². The van der Waals surface area contributed by atoms with Crippen LogP contribution in [0.5, 0.6) is 11.5 Å². The summed E-state index contributed by atoms with van der Waals surface area (Å²) >= 11 is 0. The molecule has 5 nitrogen and oxygen atoms in total. The van der Waals surface area contributed by atoms with Crippen molar-refractivity contribution in [3.8, 4) is 11.5 Å². The highest BCUT2D eigenvalue weighted by atomic mass is 16.6. The van der Waals surface area contributed by atoms with Crippen LogP contribution in [0.25, 0.3) is 0 Å². The molecule has 0 aliphatic carbocycles. The summed E-state index contributed by atoms with van der Waals surface area (Å²) in [5, 5.41) is 3.31. The molecule has 2 aliphatic heterocycles. The highest BCUT2D eigenvalue weighted by Crippen LogP contribution is 2.34. The van der Waals surface area contributed by atoms with Crippen LogP contribution >= 0.6 is 0 Å². The summed E-state index contributed by atoms with van der Waals surface area (Å²) in [6.45, 7) is 6.43. The van der Waals surface area contributed by atoms with Gasteiger partial charge in [0.15, 0.2) is 17.3 Å². The number of ether oxygens (including phenoxy) is 2. The lowest BCUT2D eigenvalue weighted by Crippen LogP contribution is -2.46. The number of benzene rings is 1. The molecule has 1 aromatic rings. The second-order valence-corrected chi connectivity index (χ2v) is 5.20. The number of piperazine rings is 1. The lowest BCUT2D eigenvalue weighted by atomic mass is 10.00. The molecule has 2 aliphatic rings. The Hall–Kier alpha value is -1.59. The number of hydrogen-bond acceptors (Lipinski definition) is 5. The maximum Gasteiger partial charge on any atom is 0.161 e. The molecule has 0 bridgehead atoms. The van der Waals surface area contributed by atoms with Gasteiger partial charge in [0.2, 0.25) is 0 Å². The van der Waals surface area contributed by atoms with Crippen LogP contribution in [0.2, 0.25) is 0 Å². The van der Waals surface area contributed by atoms with Gasteiger partial charge in [-0.3, -0.25) is 9.69 Å². The normalized spacial score (nSPS) is 20.4. The smallest absolute Gasteiger partial charge is 0.161 e. The van der Waals surface area contributed by atoms with E-state index in [1.807, 2.05) is 18.2 Å². The lowest BCUT2D eigenvalue weighted by molar-refractivity contribution is -0.122. The van der Waals surface area contributed by atoms with Gasteiger partial charge in [0, 0.05) is 26.2 Å². The molecule has 1 fully saturated rings. The molecule has 2 heterocycles. The predicted octanol–water partition coefficient (Wildman–Crippen LogP) is 0.993. The average Bonchev–Trinajstić information content (AvgIpc) is 2.48. The van der Waals surface area contributed by atoms with Crippen molar-refractivity contribution in [2.24, 2.45) is 0 Å². The molecular weight excluding hydrogens is 256 g/mol. The zero-order valence-corrected chi connectivity index (χ0v) is 11.7. The number of hydrogen-bond donors (Lipinski definition) is 1. The SMILES string of the molecule is CC(=O)C(c1ccc2c(c1)OCCO2)N1CCNCC1. The number of carbonyl (C=O) groups excluding carboxylic acids is 1. The number of carbonyl (C=O) groups is 1. The van der Waals surface area contributed by atoms with E-state index in [9.17, 15) is 4.79 Å². The van der Waals surface area contributed by atoms with Crippen LogP contribution in [0.1, 0.15) is 18.5 Å². The van der Waals surface area contributed by atoms with Crippen LogP contribution in [0.4, 0.5) is 0 Å². The van der Waals surface area contributed by atoms with Crippen LogP contribution < -0.4 is 14.8 Å². The molecule has 1 saturated heterocycles. The van der Waals surface area contributed by atoms with Gasteiger partial charge in [-0.2, -0.15) is 0 Å². The number of rotatable bonds is 3. The third-order valence-corrected chi connectivity index (χ3v) is 3.78. The molecule has 0 aromatic heterocycles. The fourth-order valence-electron chi connectivity index (χ4n) is 2.87. The van der Waals surface area contributed by atoms with Crippen molar-refractivity contribution in [1.82, 2.24) is 10.2 Å². The molecule has 1 unspecified atom stereocenters. The molecular formula is C15H20N2O3. The van der Waals surface area contributed by atoms with Crippen LogP contribution in [0.3, 0.4) is 0 Å². The summed E-state index contributed by atoms with van der Waals surface area (Å²) in [5.41, 5.74) is 0.989. The Morgan fingerprint density at radius 2 is 1.90 bits per heavy atom. The molecule has 3 rings (SSSR count). The Balaban J connectivity index is 1.88. The largest absolute Gasteiger partial charge is 0.486 e. The van der Waals surface area contributed by atoms with Crippen molar-refractivity contribution in [2.75, 3.05) is 39.4 Å². The number of nitrogens with one attached hydrogen (secondary N) is 1. The average molecular weight is 276 g/mol. The first kappa shape index (κ1) is 13.4. The van der Waals surface area contributed by atoms with E-state index in [0.29, 0.717) is 13.2 Å². The Kier molecular flexibility index (Phi) is 3.89. The summed E-state index contributed by atoms with van der Waals surface area (Å²) < 4.78 is 11.1. The highest BCUT2D eigenvalue weighted by Gasteiger charge is 2.27. The molecule has 108 valence electrons. The Labute approximate surface area is 118 Å². The topological polar surface area (TPSA) is 50.8 Å². The van der Waals surface area contributed by atoms with Gasteiger partial charge >= 0.3 is 0 Å². The lowest BCUT2D eigenvalue weighted by Gasteiger charge is -2.34. The fraction of sp³-hybridized carbons (Fsp3) is 0.533. The minimum atomic E-state index is -0.187. The Bertz CT molecular complexity index is 498. The molecule has 0 amide bonds. The molecule has 0 spiro atoms. The van der Waals surface area contributed by atoms with Gasteiger partial charge in [-0.05, 0) is 24.6 Å². The van der Waals surface area contributed by atoms with Gasteiger partial charge in [0.05, 0.1) is 6.04 Å². The van der Waals surface area contributed by atoms with Crippen LogP contribution in [0, 0.1) is 0 Å². The molecule has 1 atom stereocenters. The first-order valence-electron chi connectivity index (χ1n) is 7.10. The standard InChI is InChI=1S/C15H20N2O3/c1-11(18)15(17-6-4-16-5-7-17)12-2-3-13-14(10-12)20-9-8-19-13/h2-3,10,15-16H,4-9H2,1H3. The summed E-state index contributed by atoms with van der Waals surface area (Å²) in [6, 6.07) is 5.64. The van der Waals surface area contributed by atoms with Crippen molar-refractivity contribution in [1.29, 1.82) is 0 Å². The van der Waals surface area contributed by atoms with Crippen LogP contribution in [-0.2, 0) is 4.79 Å². The summed E-state index contributed by atoms with van der Waals surface area (Å²) in [5.74, 6) is 1.68. The number of fused-ring (bicyclic) bond motifs is 1. The molecule has 1 N–H and O–H groups in total. The second kappa shape index (κ2) is 5.81. The van der Waals surface area contributed by atoms with E-state index in [4.69, 9.17) is 9.47 Å². The van der Waals surface area contributed by atoms with Crippen LogP contribution in [-0.4, -0.2) is 50.1 Å². The molecule has 5 heteroatoms. The summed E-state index contributed by atoms with van der Waals surface area (Å²) in [4.78, 5) is 14.3. The number of nitrogens with zero attached hydrogens (tertiary/aromatic N) is 1. The predicted molar refractivity (Wildman–Crippen MR) is 75.3 cm³/mol. The minimum absolute atomic E-state index is 0.170. The van der Waals surface area contributed by atoms with Crippen molar-refractivity contribution >= 4 is 5.78 Å². The monoisotopic (exact) mass is 276 g/mol. The summed E-state index contributed by atoms with van der Waals surface area (Å²) in [6.07, 6.45) is 0. The van der Waals surface area contributed by atoms with Crippen molar-refractivity contribution in [3.05, 3.63) is 23.8 Å². The van der Waals surface area contributed by atoms with Gasteiger partial charge < -0.3 is 14.8 Å². The van der Waals surface area contributed by atoms with Gasteiger partial charge in [-0.1, -0.05) is 6.07 Å². The van der Waals surface area contributed by atoms with Gasteiger partial charge in [0.25, 0.3) is 0 Å². The second-order valence-electron chi connectivity index (χ2n) is 5.20. The number of ketones is 1. The third-order valence-electron chi connectivity index (χ3n) is 3.78. The molecule has 20 heavy (non-hydrogen) atoms. The van der Waals surface area contributed by atoms with Gasteiger partial charge in [0.1, 0.15) is 13.2 Å². The van der Waals surface area contributed by atoms with E-state index in [1.54, 1.807) is 6.92 Å². The number of Topliss-reactive ketones (excluding diaryl/α,β-unsaturated/α-hetero) is 1. The minimum Gasteiger partial charge on any atom is -0.486 e. The Morgan fingerprint density at radius 1 is 1.20 bits per heavy atom. The first-order valence-corrected chi connectivity index (χ1v) is 7.10.